The molecule has 1 aliphatic rings. The summed E-state index contributed by atoms with van der Waals surface area (Å²) < 4.78 is 5.56. The summed E-state index contributed by atoms with van der Waals surface area (Å²) in [5.74, 6) is 2.73. The number of hydrogen-bond donors (Lipinski definition) is 2. The van der Waals surface area contributed by atoms with E-state index < -0.39 is 0 Å². The Balaban J connectivity index is 1.84. The molecular formula is C14H24N2O. The lowest BCUT2D eigenvalue weighted by atomic mass is 9.76. The highest BCUT2D eigenvalue weighted by Gasteiger charge is 2.36. The molecule has 3 nitrogen and oxygen atoms in total. The summed E-state index contributed by atoms with van der Waals surface area (Å²) in [6.07, 6.45) is 1.27. The van der Waals surface area contributed by atoms with Crippen LogP contribution >= 0.6 is 0 Å². The first-order valence-corrected chi connectivity index (χ1v) is 6.59. The van der Waals surface area contributed by atoms with Gasteiger partial charge >= 0.3 is 0 Å². The summed E-state index contributed by atoms with van der Waals surface area (Å²) in [6, 6.07) is 4.07. The molecule has 0 aromatic carbocycles. The summed E-state index contributed by atoms with van der Waals surface area (Å²) in [4.78, 5) is 0. The average molecular weight is 236 g/mol. The first-order valence-electron chi connectivity index (χ1n) is 6.59. The molecule has 0 bridgehead atoms. The number of rotatable bonds is 5. The zero-order chi connectivity index (χ0) is 12.3. The van der Waals surface area contributed by atoms with Crippen LogP contribution in [0.4, 0.5) is 0 Å². The summed E-state index contributed by atoms with van der Waals surface area (Å²) in [5, 5.41) is 7.03. The highest BCUT2D eigenvalue weighted by molar-refractivity contribution is 5.05. The molecule has 1 fully saturated rings. The second kappa shape index (κ2) is 5.23. The maximum Gasteiger partial charge on any atom is 0.117 e. The molecule has 0 radical (unpaired) electrons. The molecule has 1 saturated heterocycles. The Labute approximate surface area is 104 Å². The van der Waals surface area contributed by atoms with E-state index in [1.54, 1.807) is 0 Å². The summed E-state index contributed by atoms with van der Waals surface area (Å²) in [7, 11) is 0. The van der Waals surface area contributed by atoms with E-state index in [-0.39, 0.29) is 0 Å². The molecule has 2 heterocycles. The van der Waals surface area contributed by atoms with E-state index in [4.69, 9.17) is 4.42 Å². The van der Waals surface area contributed by atoms with E-state index in [9.17, 15) is 0 Å². The standard InChI is InChI=1S/C14H24N2O/c1-11(2)14(6-7-15-9-14)10-16-8-13-5-4-12(3)17-13/h4-5,11,15-16H,6-10H2,1-3H3. The second-order valence-electron chi connectivity index (χ2n) is 5.56. The monoisotopic (exact) mass is 236 g/mol. The largest absolute Gasteiger partial charge is 0.465 e. The summed E-state index contributed by atoms with van der Waals surface area (Å²) >= 11 is 0. The maximum absolute atomic E-state index is 5.56. The molecule has 2 rings (SSSR count). The van der Waals surface area contributed by atoms with Crippen molar-refractivity contribution < 1.29 is 4.42 Å². The lowest BCUT2D eigenvalue weighted by molar-refractivity contribution is 0.206. The van der Waals surface area contributed by atoms with Crippen molar-refractivity contribution in [2.45, 2.75) is 33.7 Å². The molecule has 0 spiro atoms. The van der Waals surface area contributed by atoms with Crippen molar-refractivity contribution in [2.75, 3.05) is 19.6 Å². The highest BCUT2D eigenvalue weighted by atomic mass is 16.3. The number of furan rings is 1. The molecule has 3 heteroatoms. The van der Waals surface area contributed by atoms with Gasteiger partial charge in [0.2, 0.25) is 0 Å². The van der Waals surface area contributed by atoms with Crippen LogP contribution in [0.3, 0.4) is 0 Å². The minimum atomic E-state index is 0.418. The molecule has 1 aliphatic heterocycles. The van der Waals surface area contributed by atoms with Crippen molar-refractivity contribution in [2.24, 2.45) is 11.3 Å². The molecule has 0 aliphatic carbocycles. The third-order valence-corrected chi connectivity index (χ3v) is 4.07. The SMILES string of the molecule is Cc1ccc(CNCC2(C(C)C)CCNC2)o1. The predicted molar refractivity (Wildman–Crippen MR) is 69.9 cm³/mol. The van der Waals surface area contributed by atoms with Gasteiger partial charge in [0, 0.05) is 13.1 Å². The zero-order valence-corrected chi connectivity index (χ0v) is 11.2. The van der Waals surface area contributed by atoms with Crippen LogP contribution < -0.4 is 10.6 Å². The van der Waals surface area contributed by atoms with Crippen LogP contribution in [0.25, 0.3) is 0 Å². The Hall–Kier alpha value is -0.800. The summed E-state index contributed by atoms with van der Waals surface area (Å²) in [5.41, 5.74) is 0.418. The second-order valence-corrected chi connectivity index (χ2v) is 5.56. The topological polar surface area (TPSA) is 37.2 Å². The third kappa shape index (κ3) is 2.90. The van der Waals surface area contributed by atoms with Crippen molar-refractivity contribution in [1.29, 1.82) is 0 Å². The fourth-order valence-electron chi connectivity index (χ4n) is 2.63. The molecule has 1 aromatic rings. The first kappa shape index (κ1) is 12.7. The van der Waals surface area contributed by atoms with Gasteiger partial charge in [-0.25, -0.2) is 0 Å². The highest BCUT2D eigenvalue weighted by Crippen LogP contribution is 2.33. The van der Waals surface area contributed by atoms with Crippen molar-refractivity contribution in [3.8, 4) is 0 Å². The van der Waals surface area contributed by atoms with Gasteiger partial charge < -0.3 is 15.1 Å². The van der Waals surface area contributed by atoms with Gasteiger partial charge in [0.1, 0.15) is 11.5 Å². The Morgan fingerprint density at radius 2 is 2.29 bits per heavy atom. The van der Waals surface area contributed by atoms with Crippen LogP contribution in [-0.4, -0.2) is 19.6 Å². The van der Waals surface area contributed by atoms with Gasteiger partial charge in [0.05, 0.1) is 6.54 Å². The predicted octanol–water partition coefficient (Wildman–Crippen LogP) is 2.31. The van der Waals surface area contributed by atoms with Crippen LogP contribution in [0.2, 0.25) is 0 Å². The number of aryl methyl sites for hydroxylation is 1. The normalized spacial score (nSPS) is 24.7. The van der Waals surface area contributed by atoms with Gasteiger partial charge in [-0.15, -0.1) is 0 Å². The quantitative estimate of drug-likeness (QED) is 0.824. The van der Waals surface area contributed by atoms with Gasteiger partial charge in [-0.1, -0.05) is 13.8 Å². The van der Waals surface area contributed by atoms with E-state index in [1.807, 2.05) is 13.0 Å². The number of hydrogen-bond acceptors (Lipinski definition) is 3. The van der Waals surface area contributed by atoms with Crippen molar-refractivity contribution in [3.05, 3.63) is 23.7 Å². The van der Waals surface area contributed by atoms with Crippen LogP contribution in [-0.2, 0) is 6.54 Å². The lowest BCUT2D eigenvalue weighted by Crippen LogP contribution is -2.40. The van der Waals surface area contributed by atoms with E-state index in [0.717, 1.165) is 37.7 Å². The Bertz CT molecular complexity index is 351. The van der Waals surface area contributed by atoms with Gasteiger partial charge in [-0.05, 0) is 43.4 Å². The minimum absolute atomic E-state index is 0.418. The van der Waals surface area contributed by atoms with Crippen molar-refractivity contribution in [1.82, 2.24) is 10.6 Å². The van der Waals surface area contributed by atoms with Gasteiger partial charge in [-0.2, -0.15) is 0 Å². The molecule has 0 saturated carbocycles. The van der Waals surface area contributed by atoms with Gasteiger partial charge in [-0.3, -0.25) is 0 Å². The fourth-order valence-corrected chi connectivity index (χ4v) is 2.63. The van der Waals surface area contributed by atoms with Crippen LogP contribution in [0.1, 0.15) is 31.8 Å². The number of nitrogens with one attached hydrogen (secondary N) is 2. The Morgan fingerprint density at radius 1 is 1.47 bits per heavy atom. The average Bonchev–Trinajstić information content (AvgIpc) is 2.89. The van der Waals surface area contributed by atoms with E-state index in [0.29, 0.717) is 11.3 Å². The Morgan fingerprint density at radius 3 is 2.82 bits per heavy atom. The van der Waals surface area contributed by atoms with Crippen LogP contribution in [0.5, 0.6) is 0 Å². The molecule has 2 N–H and O–H groups in total. The van der Waals surface area contributed by atoms with Crippen molar-refractivity contribution in [3.63, 3.8) is 0 Å². The smallest absolute Gasteiger partial charge is 0.117 e. The zero-order valence-electron chi connectivity index (χ0n) is 11.2. The maximum atomic E-state index is 5.56. The van der Waals surface area contributed by atoms with E-state index in [2.05, 4.69) is 30.5 Å². The molecular weight excluding hydrogens is 212 g/mol. The third-order valence-electron chi connectivity index (χ3n) is 4.07. The molecule has 1 aromatic heterocycles. The lowest BCUT2D eigenvalue weighted by Gasteiger charge is -2.32. The first-order chi connectivity index (χ1) is 8.12. The van der Waals surface area contributed by atoms with Gasteiger partial charge in [0.15, 0.2) is 0 Å². The molecule has 17 heavy (non-hydrogen) atoms. The minimum Gasteiger partial charge on any atom is -0.465 e. The van der Waals surface area contributed by atoms with Crippen molar-refractivity contribution >= 4 is 0 Å². The van der Waals surface area contributed by atoms with Crippen LogP contribution in [0, 0.1) is 18.3 Å². The molecule has 1 atom stereocenters. The van der Waals surface area contributed by atoms with E-state index >= 15 is 0 Å². The van der Waals surface area contributed by atoms with Gasteiger partial charge in [0.25, 0.3) is 0 Å². The summed E-state index contributed by atoms with van der Waals surface area (Å²) in [6.45, 7) is 10.8. The van der Waals surface area contributed by atoms with Crippen LogP contribution in [0.15, 0.2) is 16.5 Å². The molecule has 1 unspecified atom stereocenters. The Kier molecular flexibility index (Phi) is 3.89. The molecule has 96 valence electrons. The van der Waals surface area contributed by atoms with E-state index in [1.165, 1.54) is 6.42 Å². The molecule has 0 amide bonds. The fraction of sp³-hybridized carbons (Fsp3) is 0.714.